The Bertz CT molecular complexity index is 612. The highest BCUT2D eigenvalue weighted by Crippen LogP contribution is 2.19. The van der Waals surface area contributed by atoms with Gasteiger partial charge in [0.2, 0.25) is 0 Å². The third-order valence-electron chi connectivity index (χ3n) is 2.69. The van der Waals surface area contributed by atoms with E-state index in [0.29, 0.717) is 23.7 Å². The number of hydrogen-bond donors (Lipinski definition) is 1. The van der Waals surface area contributed by atoms with Gasteiger partial charge in [0.15, 0.2) is 5.82 Å². The van der Waals surface area contributed by atoms with E-state index in [4.69, 9.17) is 15.7 Å². The molecule has 0 aliphatic heterocycles. The predicted molar refractivity (Wildman–Crippen MR) is 69.4 cm³/mol. The summed E-state index contributed by atoms with van der Waals surface area (Å²) < 4.78 is 6.80. The number of nitrogens with zero attached hydrogens (tertiary/aromatic N) is 4. The molecule has 2 rings (SSSR count). The van der Waals surface area contributed by atoms with Gasteiger partial charge in [0.05, 0.1) is 25.3 Å². The van der Waals surface area contributed by atoms with Gasteiger partial charge in [0, 0.05) is 0 Å². The van der Waals surface area contributed by atoms with Crippen molar-refractivity contribution in [3.63, 3.8) is 0 Å². The molecule has 6 nitrogen and oxygen atoms in total. The molecule has 0 fully saturated rings. The van der Waals surface area contributed by atoms with Crippen molar-refractivity contribution in [1.29, 1.82) is 5.26 Å². The number of rotatable bonds is 4. The van der Waals surface area contributed by atoms with Crippen LogP contribution in [0.1, 0.15) is 29.9 Å². The van der Waals surface area contributed by atoms with E-state index in [-0.39, 0.29) is 6.04 Å². The van der Waals surface area contributed by atoms with Crippen LogP contribution < -0.4 is 10.5 Å². The number of hydrogen-bond acceptors (Lipinski definition) is 5. The van der Waals surface area contributed by atoms with Crippen LogP contribution in [0.25, 0.3) is 0 Å². The highest BCUT2D eigenvalue weighted by molar-refractivity contribution is 5.45. The smallest absolute Gasteiger partial charge is 0.166 e. The lowest BCUT2D eigenvalue weighted by atomic mass is 10.1. The lowest BCUT2D eigenvalue weighted by Gasteiger charge is -2.06. The quantitative estimate of drug-likeness (QED) is 0.889. The highest BCUT2D eigenvalue weighted by atomic mass is 16.5. The molecule has 2 aromatic rings. The maximum absolute atomic E-state index is 9.04. The topological polar surface area (TPSA) is 89.8 Å². The van der Waals surface area contributed by atoms with E-state index >= 15 is 0 Å². The lowest BCUT2D eigenvalue weighted by Crippen LogP contribution is -2.08. The fraction of sp³-hybridized carbons (Fsp3) is 0.308. The summed E-state index contributed by atoms with van der Waals surface area (Å²) >= 11 is 0. The molecule has 0 amide bonds. The zero-order valence-corrected chi connectivity index (χ0v) is 10.9. The summed E-state index contributed by atoms with van der Waals surface area (Å²) in [4.78, 5) is 4.13. The van der Waals surface area contributed by atoms with Gasteiger partial charge in [-0.15, -0.1) is 0 Å². The summed E-state index contributed by atoms with van der Waals surface area (Å²) in [6.07, 6.45) is 1.63. The molecular formula is C13H15N5O. The molecule has 1 aromatic heterocycles. The number of nitriles is 1. The molecule has 2 N–H and O–H groups in total. The van der Waals surface area contributed by atoms with Crippen molar-refractivity contribution in [2.45, 2.75) is 19.5 Å². The third-order valence-corrected chi connectivity index (χ3v) is 2.69. The van der Waals surface area contributed by atoms with E-state index in [2.05, 4.69) is 16.2 Å². The van der Waals surface area contributed by atoms with E-state index in [1.54, 1.807) is 30.3 Å². The van der Waals surface area contributed by atoms with Crippen molar-refractivity contribution in [3.8, 4) is 11.8 Å². The molecular weight excluding hydrogens is 242 g/mol. The van der Waals surface area contributed by atoms with E-state index in [1.807, 2.05) is 13.0 Å². The van der Waals surface area contributed by atoms with Gasteiger partial charge in [-0.25, -0.2) is 9.67 Å². The molecule has 98 valence electrons. The van der Waals surface area contributed by atoms with Gasteiger partial charge in [-0.05, 0) is 24.6 Å². The van der Waals surface area contributed by atoms with Gasteiger partial charge in [0.25, 0.3) is 0 Å². The van der Waals surface area contributed by atoms with Crippen LogP contribution in [0.15, 0.2) is 24.5 Å². The summed E-state index contributed by atoms with van der Waals surface area (Å²) in [7, 11) is 1.54. The highest BCUT2D eigenvalue weighted by Gasteiger charge is 2.07. The van der Waals surface area contributed by atoms with Crippen LogP contribution in [-0.2, 0) is 6.54 Å². The molecule has 1 unspecified atom stereocenters. The largest absolute Gasteiger partial charge is 0.495 e. The van der Waals surface area contributed by atoms with Crippen LogP contribution in [-0.4, -0.2) is 21.9 Å². The van der Waals surface area contributed by atoms with Gasteiger partial charge in [-0.3, -0.25) is 0 Å². The van der Waals surface area contributed by atoms with E-state index in [1.165, 1.54) is 0 Å². The van der Waals surface area contributed by atoms with Crippen molar-refractivity contribution in [1.82, 2.24) is 14.8 Å². The Morgan fingerprint density at radius 3 is 2.89 bits per heavy atom. The molecule has 0 bridgehead atoms. The zero-order chi connectivity index (χ0) is 13.8. The number of methoxy groups -OCH3 is 1. The van der Waals surface area contributed by atoms with Crippen LogP contribution in [0.4, 0.5) is 0 Å². The molecule has 6 heteroatoms. The van der Waals surface area contributed by atoms with Crippen molar-refractivity contribution >= 4 is 0 Å². The molecule has 0 spiro atoms. The molecule has 0 aliphatic rings. The summed E-state index contributed by atoms with van der Waals surface area (Å²) in [5, 5.41) is 13.3. The van der Waals surface area contributed by atoms with E-state index in [9.17, 15) is 0 Å². The Balaban J connectivity index is 2.21. The van der Waals surface area contributed by atoms with Crippen LogP contribution in [0, 0.1) is 11.3 Å². The second-order valence-corrected chi connectivity index (χ2v) is 4.24. The molecule has 19 heavy (non-hydrogen) atoms. The van der Waals surface area contributed by atoms with E-state index < -0.39 is 0 Å². The first kappa shape index (κ1) is 13.1. The average molecular weight is 257 g/mol. The predicted octanol–water partition coefficient (Wildman–Crippen LogP) is 1.23. The fourth-order valence-electron chi connectivity index (χ4n) is 1.72. The Kier molecular flexibility index (Phi) is 3.78. The Hall–Kier alpha value is -2.39. The first-order valence-corrected chi connectivity index (χ1v) is 5.86. The minimum atomic E-state index is -0.188. The summed E-state index contributed by atoms with van der Waals surface area (Å²) in [6, 6.07) is 7.37. The molecule has 0 saturated carbocycles. The second-order valence-electron chi connectivity index (χ2n) is 4.24. The van der Waals surface area contributed by atoms with Gasteiger partial charge >= 0.3 is 0 Å². The summed E-state index contributed by atoms with van der Waals surface area (Å²) in [5.74, 6) is 1.18. The van der Waals surface area contributed by atoms with Crippen molar-refractivity contribution in [2.75, 3.05) is 7.11 Å². The summed E-state index contributed by atoms with van der Waals surface area (Å²) in [6.45, 7) is 2.37. The average Bonchev–Trinajstić information content (AvgIpc) is 2.87. The van der Waals surface area contributed by atoms with Crippen LogP contribution >= 0.6 is 0 Å². The number of aromatic nitrogens is 3. The number of benzene rings is 1. The minimum absolute atomic E-state index is 0.188. The van der Waals surface area contributed by atoms with Gasteiger partial charge < -0.3 is 10.5 Å². The third kappa shape index (κ3) is 2.89. The van der Waals surface area contributed by atoms with Gasteiger partial charge in [-0.1, -0.05) is 6.07 Å². The second kappa shape index (κ2) is 5.50. The molecule has 0 saturated heterocycles. The standard InChI is InChI=1S/C13H15N5O/c1-9(15)13-16-8-18(17-13)7-10-3-4-12(19-2)11(5-10)6-14/h3-5,8-9H,7,15H2,1-2H3. The maximum atomic E-state index is 9.04. The van der Waals surface area contributed by atoms with Crippen molar-refractivity contribution in [2.24, 2.45) is 5.73 Å². The van der Waals surface area contributed by atoms with Crippen LogP contribution in [0.3, 0.4) is 0 Å². The minimum Gasteiger partial charge on any atom is -0.495 e. The Labute approximate surface area is 111 Å². The normalized spacial score (nSPS) is 11.9. The lowest BCUT2D eigenvalue weighted by molar-refractivity contribution is 0.413. The molecule has 1 atom stereocenters. The SMILES string of the molecule is COc1ccc(Cn2cnc(C(C)N)n2)cc1C#N. The number of nitrogens with two attached hydrogens (primary N) is 1. The first-order valence-electron chi connectivity index (χ1n) is 5.86. The Morgan fingerprint density at radius 1 is 1.53 bits per heavy atom. The van der Waals surface area contributed by atoms with Crippen LogP contribution in [0.5, 0.6) is 5.75 Å². The fourth-order valence-corrected chi connectivity index (χ4v) is 1.72. The van der Waals surface area contributed by atoms with Gasteiger partial charge in [-0.2, -0.15) is 10.4 Å². The van der Waals surface area contributed by atoms with Crippen molar-refractivity contribution < 1.29 is 4.74 Å². The van der Waals surface area contributed by atoms with E-state index in [0.717, 1.165) is 5.56 Å². The zero-order valence-electron chi connectivity index (χ0n) is 10.9. The maximum Gasteiger partial charge on any atom is 0.166 e. The molecule has 1 heterocycles. The van der Waals surface area contributed by atoms with Gasteiger partial charge in [0.1, 0.15) is 18.1 Å². The molecule has 1 aromatic carbocycles. The molecule has 0 aliphatic carbocycles. The molecule has 0 radical (unpaired) electrons. The Morgan fingerprint density at radius 2 is 2.32 bits per heavy atom. The number of ether oxygens (including phenoxy) is 1. The first-order chi connectivity index (χ1) is 9.13. The monoisotopic (exact) mass is 257 g/mol. The van der Waals surface area contributed by atoms with Crippen LogP contribution in [0.2, 0.25) is 0 Å². The van der Waals surface area contributed by atoms with Crippen molar-refractivity contribution in [3.05, 3.63) is 41.5 Å². The summed E-state index contributed by atoms with van der Waals surface area (Å²) in [5.41, 5.74) is 7.17.